The highest BCUT2D eigenvalue weighted by atomic mass is 14.4. The Morgan fingerprint density at radius 2 is 0.737 bits per heavy atom. The van der Waals surface area contributed by atoms with Crippen LogP contribution in [0.4, 0.5) is 0 Å². The largest absolute Gasteiger partial charge is 0.0616 e. The molecule has 0 atom stereocenters. The minimum absolute atomic E-state index is 0.136. The van der Waals surface area contributed by atoms with Crippen LogP contribution in [0.2, 0.25) is 0 Å². The molecule has 57 heavy (non-hydrogen) atoms. The van der Waals surface area contributed by atoms with Gasteiger partial charge in [-0.25, -0.2) is 0 Å². The molecular weight excluding hydrogens is 685 g/mol. The molecule has 1 aliphatic rings. The molecule has 0 saturated carbocycles. The Labute approximate surface area is 332 Å². The maximum atomic E-state index is 2.41. The lowest BCUT2D eigenvalue weighted by molar-refractivity contribution is 0.666. The third-order valence-electron chi connectivity index (χ3n) is 13.0. The van der Waals surface area contributed by atoms with E-state index in [2.05, 4.69) is 208 Å². The van der Waals surface area contributed by atoms with E-state index in [9.17, 15) is 0 Å². The van der Waals surface area contributed by atoms with Gasteiger partial charge >= 0.3 is 0 Å². The van der Waals surface area contributed by atoms with Crippen LogP contribution in [0.15, 0.2) is 194 Å². The highest BCUT2D eigenvalue weighted by Crippen LogP contribution is 2.57. The smallest absolute Gasteiger partial charge is 0.0165 e. The molecule has 0 bridgehead atoms. The molecular formula is C57H38. The Kier molecular flexibility index (Phi) is 6.78. The van der Waals surface area contributed by atoms with Crippen molar-refractivity contribution in [2.45, 2.75) is 19.3 Å². The molecule has 0 spiro atoms. The number of benzene rings is 11. The first-order chi connectivity index (χ1) is 28.1. The molecule has 0 amide bonds. The monoisotopic (exact) mass is 722 g/mol. The highest BCUT2D eigenvalue weighted by molar-refractivity contribution is 6.23. The Morgan fingerprint density at radius 1 is 0.281 bits per heavy atom. The fraction of sp³-hybridized carbons (Fsp3) is 0.0526. The van der Waals surface area contributed by atoms with Crippen molar-refractivity contribution < 1.29 is 0 Å². The quantitative estimate of drug-likeness (QED) is 0.126. The van der Waals surface area contributed by atoms with E-state index in [1.54, 1.807) is 0 Å². The maximum Gasteiger partial charge on any atom is 0.0165 e. The lowest BCUT2D eigenvalue weighted by Gasteiger charge is -2.24. The zero-order valence-electron chi connectivity index (χ0n) is 32.0. The normalized spacial score (nSPS) is 13.2. The van der Waals surface area contributed by atoms with E-state index in [-0.39, 0.29) is 5.41 Å². The standard InChI is InChI=1S/C57H38/c1-57(2)51-25-13-24-42(54(51)55-45-18-7-5-16-43(45)44-17-6-12-23-50(44)56(55)57)36-26-29-37(30-27-36)52-46-19-8-10-21-48(46)53(49-22-11-9-20-47(49)52)39-32-33-41-38(34-39)31-28-35-14-3-4-15-40(35)41/h3-34H,1-2H3. The van der Waals surface area contributed by atoms with Crippen LogP contribution in [0.5, 0.6) is 0 Å². The second-order valence-electron chi connectivity index (χ2n) is 16.3. The van der Waals surface area contributed by atoms with Gasteiger partial charge < -0.3 is 0 Å². The summed E-state index contributed by atoms with van der Waals surface area (Å²) in [5, 5.41) is 15.6. The molecule has 0 aromatic heterocycles. The lowest BCUT2D eigenvalue weighted by Crippen LogP contribution is -2.15. The van der Waals surface area contributed by atoms with Crippen molar-refractivity contribution in [2.75, 3.05) is 0 Å². The summed E-state index contributed by atoms with van der Waals surface area (Å²) in [7, 11) is 0. The first kappa shape index (κ1) is 32.2. The molecule has 266 valence electrons. The van der Waals surface area contributed by atoms with Gasteiger partial charge in [-0.3, -0.25) is 0 Å². The minimum atomic E-state index is -0.136. The Morgan fingerprint density at radius 3 is 1.39 bits per heavy atom. The topological polar surface area (TPSA) is 0 Å². The molecule has 1 aliphatic carbocycles. The van der Waals surface area contributed by atoms with E-state index in [0.717, 1.165) is 0 Å². The molecule has 0 saturated heterocycles. The van der Waals surface area contributed by atoms with Crippen molar-refractivity contribution in [1.82, 2.24) is 0 Å². The summed E-state index contributed by atoms with van der Waals surface area (Å²) in [6.07, 6.45) is 0. The van der Waals surface area contributed by atoms with E-state index in [1.807, 2.05) is 0 Å². The van der Waals surface area contributed by atoms with E-state index in [0.29, 0.717) is 0 Å². The predicted octanol–water partition coefficient (Wildman–Crippen LogP) is 15.9. The van der Waals surface area contributed by atoms with Crippen LogP contribution >= 0.6 is 0 Å². The number of hydrogen-bond donors (Lipinski definition) is 0. The summed E-state index contributed by atoms with van der Waals surface area (Å²) in [6, 6.07) is 72.5. The van der Waals surface area contributed by atoms with Crippen molar-refractivity contribution in [3.05, 3.63) is 205 Å². The second kappa shape index (κ2) is 12.0. The number of rotatable bonds is 3. The Balaban J connectivity index is 1.04. The number of hydrogen-bond acceptors (Lipinski definition) is 0. The van der Waals surface area contributed by atoms with Crippen molar-refractivity contribution in [1.29, 1.82) is 0 Å². The summed E-state index contributed by atoms with van der Waals surface area (Å²) in [5.41, 5.74) is 13.0. The zero-order chi connectivity index (χ0) is 37.8. The average molecular weight is 723 g/mol. The van der Waals surface area contributed by atoms with E-state index in [4.69, 9.17) is 0 Å². The van der Waals surface area contributed by atoms with E-state index in [1.165, 1.54) is 120 Å². The van der Waals surface area contributed by atoms with E-state index < -0.39 is 0 Å². The first-order valence-electron chi connectivity index (χ1n) is 20.1. The molecule has 11 aromatic carbocycles. The summed E-state index contributed by atoms with van der Waals surface area (Å²) in [6.45, 7) is 4.82. The molecule has 0 heteroatoms. The minimum Gasteiger partial charge on any atom is -0.0616 e. The van der Waals surface area contributed by atoms with Crippen LogP contribution in [0, 0.1) is 0 Å². The molecule has 11 aromatic rings. The molecule has 0 fully saturated rings. The molecule has 12 rings (SSSR count). The molecule has 0 radical (unpaired) electrons. The van der Waals surface area contributed by atoms with Crippen molar-refractivity contribution in [2.24, 2.45) is 0 Å². The first-order valence-corrected chi connectivity index (χ1v) is 20.1. The van der Waals surface area contributed by atoms with Gasteiger partial charge in [0.1, 0.15) is 0 Å². The lowest BCUT2D eigenvalue weighted by atomic mass is 9.79. The van der Waals surface area contributed by atoms with Crippen LogP contribution < -0.4 is 0 Å². The summed E-state index contributed by atoms with van der Waals surface area (Å²) in [5.74, 6) is 0. The number of fused-ring (bicyclic) bond motifs is 13. The van der Waals surface area contributed by atoms with Gasteiger partial charge in [-0.05, 0) is 126 Å². The molecule has 0 nitrogen and oxygen atoms in total. The van der Waals surface area contributed by atoms with Gasteiger partial charge in [0.2, 0.25) is 0 Å². The van der Waals surface area contributed by atoms with Crippen molar-refractivity contribution in [3.8, 4) is 44.5 Å². The fourth-order valence-corrected chi connectivity index (χ4v) is 10.5. The third-order valence-corrected chi connectivity index (χ3v) is 13.0. The van der Waals surface area contributed by atoms with Gasteiger partial charge in [0.15, 0.2) is 0 Å². The third kappa shape index (κ3) is 4.56. The van der Waals surface area contributed by atoms with E-state index >= 15 is 0 Å². The average Bonchev–Trinajstić information content (AvgIpc) is 3.52. The zero-order valence-corrected chi connectivity index (χ0v) is 32.0. The molecule has 0 aliphatic heterocycles. The molecule has 0 unspecified atom stereocenters. The van der Waals surface area contributed by atoms with Gasteiger partial charge in [0.25, 0.3) is 0 Å². The van der Waals surface area contributed by atoms with Crippen LogP contribution in [0.25, 0.3) is 109 Å². The van der Waals surface area contributed by atoms with Crippen LogP contribution in [0.1, 0.15) is 25.0 Å². The second-order valence-corrected chi connectivity index (χ2v) is 16.3. The van der Waals surface area contributed by atoms with Crippen LogP contribution in [0.3, 0.4) is 0 Å². The van der Waals surface area contributed by atoms with Crippen molar-refractivity contribution >= 4 is 64.6 Å². The van der Waals surface area contributed by atoms with Gasteiger partial charge in [-0.1, -0.05) is 202 Å². The predicted molar refractivity (Wildman–Crippen MR) is 245 cm³/mol. The fourth-order valence-electron chi connectivity index (χ4n) is 10.5. The SMILES string of the molecule is CC1(C)c2cccc(-c3ccc(-c4c5ccccc5c(-c5ccc6c(ccc7ccccc76)c5)c5ccccc45)cc3)c2-c2c1c1ccccc1c1ccccc21. The van der Waals surface area contributed by atoms with Crippen LogP contribution in [-0.2, 0) is 5.41 Å². The molecule has 0 heterocycles. The Hall–Kier alpha value is -7.02. The van der Waals surface area contributed by atoms with Gasteiger partial charge in [-0.15, -0.1) is 0 Å². The summed E-state index contributed by atoms with van der Waals surface area (Å²) >= 11 is 0. The van der Waals surface area contributed by atoms with Gasteiger partial charge in [0, 0.05) is 5.41 Å². The summed E-state index contributed by atoms with van der Waals surface area (Å²) < 4.78 is 0. The van der Waals surface area contributed by atoms with Gasteiger partial charge in [-0.2, -0.15) is 0 Å². The van der Waals surface area contributed by atoms with Crippen LogP contribution in [-0.4, -0.2) is 0 Å². The van der Waals surface area contributed by atoms with Crippen molar-refractivity contribution in [3.63, 3.8) is 0 Å². The molecule has 0 N–H and O–H groups in total. The highest BCUT2D eigenvalue weighted by Gasteiger charge is 2.39. The summed E-state index contributed by atoms with van der Waals surface area (Å²) in [4.78, 5) is 0. The Bertz CT molecular complexity index is 3410. The maximum absolute atomic E-state index is 2.41. The van der Waals surface area contributed by atoms with Gasteiger partial charge in [0.05, 0.1) is 0 Å².